The molecule has 17 heavy (non-hydrogen) atoms. The van der Waals surface area contributed by atoms with E-state index in [1.807, 2.05) is 4.90 Å². The van der Waals surface area contributed by atoms with Crippen LogP contribution in [0.2, 0.25) is 0 Å². The summed E-state index contributed by atoms with van der Waals surface area (Å²) < 4.78 is 4.83. The number of methoxy groups -OCH3 is 1. The van der Waals surface area contributed by atoms with Crippen LogP contribution in [0.15, 0.2) is 0 Å². The molecule has 6 heteroatoms. The minimum absolute atomic E-state index is 0.000625. The summed E-state index contributed by atoms with van der Waals surface area (Å²) in [6.07, 6.45) is 1.94. The Labute approximate surface area is 101 Å². The molecule has 1 heterocycles. The summed E-state index contributed by atoms with van der Waals surface area (Å²) in [7, 11) is 1.58. The van der Waals surface area contributed by atoms with Gasteiger partial charge in [0.05, 0.1) is 19.6 Å². The number of nitrogens with one attached hydrogen (secondary N) is 1. The van der Waals surface area contributed by atoms with Gasteiger partial charge in [-0.25, -0.2) is 0 Å². The SMILES string of the molecule is COCCNC(=O)CN1CCCC1CC(=O)O. The highest BCUT2D eigenvalue weighted by Gasteiger charge is 2.27. The summed E-state index contributed by atoms with van der Waals surface area (Å²) in [5.41, 5.74) is 0. The number of rotatable bonds is 7. The molecule has 98 valence electrons. The summed E-state index contributed by atoms with van der Waals surface area (Å²) in [5, 5.41) is 11.5. The van der Waals surface area contributed by atoms with E-state index in [4.69, 9.17) is 9.84 Å². The molecule has 1 fully saturated rings. The molecule has 0 aromatic rings. The van der Waals surface area contributed by atoms with Gasteiger partial charge in [-0.15, -0.1) is 0 Å². The van der Waals surface area contributed by atoms with Crippen LogP contribution in [0.25, 0.3) is 0 Å². The van der Waals surface area contributed by atoms with E-state index >= 15 is 0 Å². The highest BCUT2D eigenvalue weighted by atomic mass is 16.5. The first-order valence-corrected chi connectivity index (χ1v) is 5.85. The van der Waals surface area contributed by atoms with E-state index in [1.54, 1.807) is 7.11 Å². The molecule has 0 radical (unpaired) electrons. The molecule has 0 aliphatic carbocycles. The van der Waals surface area contributed by atoms with Gasteiger partial charge in [0.2, 0.25) is 5.91 Å². The first-order valence-electron chi connectivity index (χ1n) is 5.85. The molecule has 1 unspecified atom stereocenters. The Bertz CT molecular complexity index is 270. The third-order valence-electron chi connectivity index (χ3n) is 2.88. The quantitative estimate of drug-likeness (QED) is 0.600. The zero-order valence-corrected chi connectivity index (χ0v) is 10.1. The Morgan fingerprint density at radius 3 is 2.94 bits per heavy atom. The number of hydrogen-bond acceptors (Lipinski definition) is 4. The average Bonchev–Trinajstić information content (AvgIpc) is 2.65. The van der Waals surface area contributed by atoms with Crippen molar-refractivity contribution in [2.24, 2.45) is 0 Å². The van der Waals surface area contributed by atoms with Gasteiger partial charge < -0.3 is 15.2 Å². The van der Waals surface area contributed by atoms with Crippen molar-refractivity contribution in [3.63, 3.8) is 0 Å². The van der Waals surface area contributed by atoms with E-state index in [-0.39, 0.29) is 24.9 Å². The highest BCUT2D eigenvalue weighted by Crippen LogP contribution is 2.19. The molecule has 0 aromatic heterocycles. The lowest BCUT2D eigenvalue weighted by atomic mass is 10.1. The second-order valence-electron chi connectivity index (χ2n) is 4.21. The van der Waals surface area contributed by atoms with Crippen LogP contribution in [0.3, 0.4) is 0 Å². The number of carboxylic acids is 1. The maximum Gasteiger partial charge on any atom is 0.304 e. The minimum Gasteiger partial charge on any atom is -0.481 e. The number of carbonyl (C=O) groups excluding carboxylic acids is 1. The van der Waals surface area contributed by atoms with Crippen LogP contribution in [0.1, 0.15) is 19.3 Å². The van der Waals surface area contributed by atoms with Gasteiger partial charge >= 0.3 is 5.97 Å². The van der Waals surface area contributed by atoms with Crippen LogP contribution >= 0.6 is 0 Å². The summed E-state index contributed by atoms with van der Waals surface area (Å²) in [6.45, 7) is 2.06. The molecule has 1 saturated heterocycles. The van der Waals surface area contributed by atoms with E-state index in [2.05, 4.69) is 5.32 Å². The fraction of sp³-hybridized carbons (Fsp3) is 0.818. The molecule has 1 amide bonds. The van der Waals surface area contributed by atoms with Gasteiger partial charge in [-0.05, 0) is 19.4 Å². The monoisotopic (exact) mass is 244 g/mol. The molecule has 1 aliphatic heterocycles. The molecular formula is C11H20N2O4. The first kappa shape index (κ1) is 13.9. The smallest absolute Gasteiger partial charge is 0.304 e. The van der Waals surface area contributed by atoms with Crippen LogP contribution in [0.5, 0.6) is 0 Å². The summed E-state index contributed by atoms with van der Waals surface area (Å²) in [6, 6.07) is 0.000625. The Morgan fingerprint density at radius 1 is 1.53 bits per heavy atom. The minimum atomic E-state index is -0.804. The molecule has 0 bridgehead atoms. The lowest BCUT2D eigenvalue weighted by molar-refractivity contribution is -0.138. The molecule has 2 N–H and O–H groups in total. The van der Waals surface area contributed by atoms with Crippen LogP contribution < -0.4 is 5.32 Å². The fourth-order valence-electron chi connectivity index (χ4n) is 2.07. The van der Waals surface area contributed by atoms with Gasteiger partial charge in [-0.1, -0.05) is 0 Å². The topological polar surface area (TPSA) is 78.9 Å². The first-order chi connectivity index (χ1) is 8.13. The van der Waals surface area contributed by atoms with E-state index in [9.17, 15) is 9.59 Å². The van der Waals surface area contributed by atoms with Crippen molar-refractivity contribution in [3.05, 3.63) is 0 Å². The number of carbonyl (C=O) groups is 2. The number of ether oxygens (including phenoxy) is 1. The molecule has 6 nitrogen and oxygen atoms in total. The van der Waals surface area contributed by atoms with E-state index in [0.29, 0.717) is 13.2 Å². The second-order valence-corrected chi connectivity index (χ2v) is 4.21. The normalized spacial score (nSPS) is 20.4. The number of amides is 1. The molecule has 1 aliphatic rings. The number of aliphatic carboxylic acids is 1. The third-order valence-corrected chi connectivity index (χ3v) is 2.88. The molecule has 1 atom stereocenters. The predicted octanol–water partition coefficient (Wildman–Crippen LogP) is -0.312. The van der Waals surface area contributed by atoms with Crippen molar-refractivity contribution in [2.75, 3.05) is 33.4 Å². The zero-order valence-electron chi connectivity index (χ0n) is 10.1. The van der Waals surface area contributed by atoms with Crippen molar-refractivity contribution in [2.45, 2.75) is 25.3 Å². The third kappa shape index (κ3) is 5.14. The van der Waals surface area contributed by atoms with Crippen molar-refractivity contribution >= 4 is 11.9 Å². The van der Waals surface area contributed by atoms with Crippen LogP contribution in [0, 0.1) is 0 Å². The van der Waals surface area contributed by atoms with Crippen molar-refractivity contribution in [1.29, 1.82) is 0 Å². The Kier molecular flexibility index (Phi) is 5.93. The van der Waals surface area contributed by atoms with Gasteiger partial charge in [0.15, 0.2) is 0 Å². The lowest BCUT2D eigenvalue weighted by Gasteiger charge is -2.22. The fourth-order valence-corrected chi connectivity index (χ4v) is 2.07. The molecule has 0 spiro atoms. The van der Waals surface area contributed by atoms with E-state index < -0.39 is 5.97 Å². The largest absolute Gasteiger partial charge is 0.481 e. The summed E-state index contributed by atoms with van der Waals surface area (Å²) >= 11 is 0. The number of carboxylic acid groups (broad SMARTS) is 1. The van der Waals surface area contributed by atoms with Crippen molar-refractivity contribution < 1.29 is 19.4 Å². The Balaban J connectivity index is 2.28. The number of nitrogens with zero attached hydrogens (tertiary/aromatic N) is 1. The lowest BCUT2D eigenvalue weighted by Crippen LogP contribution is -2.41. The van der Waals surface area contributed by atoms with Crippen molar-refractivity contribution in [1.82, 2.24) is 10.2 Å². The molecular weight excluding hydrogens is 224 g/mol. The van der Waals surface area contributed by atoms with Gasteiger partial charge in [0.25, 0.3) is 0 Å². The number of likely N-dealkylation sites (tertiary alicyclic amines) is 1. The second kappa shape index (κ2) is 7.24. The highest BCUT2D eigenvalue weighted by molar-refractivity contribution is 5.78. The van der Waals surface area contributed by atoms with Gasteiger partial charge in [0.1, 0.15) is 0 Å². The van der Waals surface area contributed by atoms with E-state index in [1.165, 1.54) is 0 Å². The van der Waals surface area contributed by atoms with Gasteiger partial charge in [0, 0.05) is 19.7 Å². The van der Waals surface area contributed by atoms with Crippen LogP contribution in [-0.2, 0) is 14.3 Å². The summed E-state index contributed by atoms with van der Waals surface area (Å²) in [4.78, 5) is 24.1. The molecule has 0 aromatic carbocycles. The van der Waals surface area contributed by atoms with E-state index in [0.717, 1.165) is 19.4 Å². The average molecular weight is 244 g/mol. The Hall–Kier alpha value is -1.14. The summed E-state index contributed by atoms with van der Waals surface area (Å²) in [5.74, 6) is -0.874. The van der Waals surface area contributed by atoms with Gasteiger partial charge in [-0.2, -0.15) is 0 Å². The maximum absolute atomic E-state index is 11.5. The van der Waals surface area contributed by atoms with Crippen LogP contribution in [-0.4, -0.2) is 61.3 Å². The van der Waals surface area contributed by atoms with Crippen molar-refractivity contribution in [3.8, 4) is 0 Å². The zero-order chi connectivity index (χ0) is 12.7. The number of hydrogen-bond donors (Lipinski definition) is 2. The predicted molar refractivity (Wildman–Crippen MR) is 61.7 cm³/mol. The van der Waals surface area contributed by atoms with Crippen LogP contribution in [0.4, 0.5) is 0 Å². The molecule has 0 saturated carbocycles. The standard InChI is InChI=1S/C11H20N2O4/c1-17-6-4-12-10(14)8-13-5-2-3-9(13)7-11(15)16/h9H,2-8H2,1H3,(H,12,14)(H,15,16). The maximum atomic E-state index is 11.5. The molecule has 1 rings (SSSR count). The van der Waals surface area contributed by atoms with Gasteiger partial charge in [-0.3, -0.25) is 14.5 Å². The Morgan fingerprint density at radius 2 is 2.29 bits per heavy atom.